The summed E-state index contributed by atoms with van der Waals surface area (Å²) >= 11 is 1.30. The number of anilines is 1. The van der Waals surface area contributed by atoms with Gasteiger partial charge in [0.2, 0.25) is 5.91 Å². The number of nitrogens with one attached hydrogen (secondary N) is 2. The van der Waals surface area contributed by atoms with Crippen LogP contribution in [0.1, 0.15) is 27.3 Å². The molecule has 0 aliphatic heterocycles. The van der Waals surface area contributed by atoms with Gasteiger partial charge in [-0.3, -0.25) is 9.59 Å². The molecular formula is C21H23N5O2S. The molecule has 8 heteroatoms. The van der Waals surface area contributed by atoms with Crippen molar-refractivity contribution in [3.05, 3.63) is 71.0 Å². The topological polar surface area (TPSA) is 88.9 Å². The van der Waals surface area contributed by atoms with Gasteiger partial charge in [-0.25, -0.2) is 0 Å². The van der Waals surface area contributed by atoms with Crippen molar-refractivity contribution in [2.75, 3.05) is 11.1 Å². The van der Waals surface area contributed by atoms with Gasteiger partial charge < -0.3 is 15.2 Å². The lowest BCUT2D eigenvalue weighted by Gasteiger charge is -2.08. The highest BCUT2D eigenvalue weighted by atomic mass is 32.2. The van der Waals surface area contributed by atoms with Crippen LogP contribution in [0.25, 0.3) is 0 Å². The fourth-order valence-corrected chi connectivity index (χ4v) is 3.40. The van der Waals surface area contributed by atoms with E-state index < -0.39 is 0 Å². The van der Waals surface area contributed by atoms with E-state index in [0.29, 0.717) is 16.5 Å². The quantitative estimate of drug-likeness (QED) is 0.586. The van der Waals surface area contributed by atoms with Crippen LogP contribution in [-0.2, 0) is 18.4 Å². The maximum atomic E-state index is 12.3. The molecule has 150 valence electrons. The molecule has 1 aromatic heterocycles. The van der Waals surface area contributed by atoms with Gasteiger partial charge in [0.25, 0.3) is 5.91 Å². The van der Waals surface area contributed by atoms with Gasteiger partial charge in [-0.15, -0.1) is 10.2 Å². The van der Waals surface area contributed by atoms with E-state index >= 15 is 0 Å². The molecule has 2 aromatic carbocycles. The number of carbonyl (C=O) groups excluding carboxylic acids is 2. The minimum absolute atomic E-state index is 0.115. The molecule has 7 nitrogen and oxygen atoms in total. The Hall–Kier alpha value is -3.13. The van der Waals surface area contributed by atoms with Crippen molar-refractivity contribution < 1.29 is 9.59 Å². The lowest BCUT2D eigenvalue weighted by molar-refractivity contribution is -0.113. The van der Waals surface area contributed by atoms with Gasteiger partial charge in [-0.2, -0.15) is 0 Å². The summed E-state index contributed by atoms with van der Waals surface area (Å²) < 4.78 is 1.78. The highest BCUT2D eigenvalue weighted by molar-refractivity contribution is 7.99. The lowest BCUT2D eigenvalue weighted by Crippen LogP contribution is -2.25. The minimum Gasteiger partial charge on any atom is -0.345 e. The van der Waals surface area contributed by atoms with E-state index in [4.69, 9.17) is 0 Å². The first-order valence-electron chi connectivity index (χ1n) is 9.15. The summed E-state index contributed by atoms with van der Waals surface area (Å²) in [5.74, 6) is 0.567. The van der Waals surface area contributed by atoms with E-state index in [2.05, 4.69) is 20.8 Å². The van der Waals surface area contributed by atoms with E-state index in [1.165, 1.54) is 11.8 Å². The molecule has 0 unspecified atom stereocenters. The maximum absolute atomic E-state index is 12.3. The Kier molecular flexibility index (Phi) is 6.66. The highest BCUT2D eigenvalue weighted by Crippen LogP contribution is 2.17. The van der Waals surface area contributed by atoms with Crippen LogP contribution in [-0.4, -0.2) is 32.3 Å². The molecule has 3 rings (SSSR count). The summed E-state index contributed by atoms with van der Waals surface area (Å²) in [4.78, 5) is 24.5. The van der Waals surface area contributed by atoms with Crippen molar-refractivity contribution >= 4 is 29.3 Å². The summed E-state index contributed by atoms with van der Waals surface area (Å²) in [7, 11) is 1.81. The molecule has 0 radical (unpaired) electrons. The number of amides is 2. The van der Waals surface area contributed by atoms with E-state index in [1.54, 1.807) is 10.6 Å². The van der Waals surface area contributed by atoms with Gasteiger partial charge in [0.05, 0.1) is 12.3 Å². The number of aryl methyl sites for hydroxylation is 2. The van der Waals surface area contributed by atoms with E-state index in [1.807, 2.05) is 63.4 Å². The smallest absolute Gasteiger partial charge is 0.251 e. The van der Waals surface area contributed by atoms with Crippen LogP contribution in [0.15, 0.2) is 53.7 Å². The van der Waals surface area contributed by atoms with E-state index in [9.17, 15) is 9.59 Å². The zero-order chi connectivity index (χ0) is 20.8. The molecular weight excluding hydrogens is 386 g/mol. The third-order valence-electron chi connectivity index (χ3n) is 4.39. The van der Waals surface area contributed by atoms with Gasteiger partial charge in [0.15, 0.2) is 11.0 Å². The molecule has 1 heterocycles. The molecule has 29 heavy (non-hydrogen) atoms. The number of thioether (sulfide) groups is 1. The Morgan fingerprint density at radius 1 is 1.03 bits per heavy atom. The van der Waals surface area contributed by atoms with Crippen LogP contribution >= 0.6 is 11.8 Å². The second kappa shape index (κ2) is 9.38. The molecule has 0 aliphatic carbocycles. The number of aromatic nitrogens is 3. The fraction of sp³-hybridized carbons (Fsp3) is 0.238. The molecule has 0 aliphatic rings. The molecule has 0 fully saturated rings. The van der Waals surface area contributed by atoms with Crippen LogP contribution < -0.4 is 10.6 Å². The second-order valence-corrected chi connectivity index (χ2v) is 7.60. The Morgan fingerprint density at radius 2 is 1.76 bits per heavy atom. The Morgan fingerprint density at radius 3 is 2.48 bits per heavy atom. The fourth-order valence-electron chi connectivity index (χ4n) is 2.67. The van der Waals surface area contributed by atoms with Gasteiger partial charge in [-0.1, -0.05) is 47.7 Å². The predicted octanol–water partition coefficient (Wildman–Crippen LogP) is 3.09. The SMILES string of the molecule is Cc1ccc(NC(=O)CSc2nnc(CNC(=O)c3ccccc3C)n2C)cc1. The molecule has 0 atom stereocenters. The van der Waals surface area contributed by atoms with Crippen molar-refractivity contribution in [2.24, 2.45) is 7.05 Å². The van der Waals surface area contributed by atoms with Crippen molar-refractivity contribution in [3.63, 3.8) is 0 Å². The summed E-state index contributed by atoms with van der Waals surface area (Å²) in [6.45, 7) is 4.15. The average Bonchev–Trinajstić information content (AvgIpc) is 3.06. The maximum Gasteiger partial charge on any atom is 0.251 e. The number of rotatable bonds is 7. The zero-order valence-corrected chi connectivity index (χ0v) is 17.4. The van der Waals surface area contributed by atoms with Crippen LogP contribution in [0.3, 0.4) is 0 Å². The molecule has 0 spiro atoms. The van der Waals surface area contributed by atoms with Crippen LogP contribution in [0.4, 0.5) is 5.69 Å². The first-order valence-corrected chi connectivity index (χ1v) is 10.1. The highest BCUT2D eigenvalue weighted by Gasteiger charge is 2.14. The van der Waals surface area contributed by atoms with Crippen LogP contribution in [0.5, 0.6) is 0 Å². The first-order chi connectivity index (χ1) is 13.9. The Bertz CT molecular complexity index is 1010. The third kappa shape index (κ3) is 5.45. The van der Waals surface area contributed by atoms with Gasteiger partial charge in [0.1, 0.15) is 0 Å². The van der Waals surface area contributed by atoms with Crippen molar-refractivity contribution in [1.82, 2.24) is 20.1 Å². The summed E-state index contributed by atoms with van der Waals surface area (Å²) in [6, 6.07) is 15.0. The summed E-state index contributed by atoms with van der Waals surface area (Å²) in [6.07, 6.45) is 0. The number of hydrogen-bond donors (Lipinski definition) is 2. The lowest BCUT2D eigenvalue weighted by atomic mass is 10.1. The van der Waals surface area contributed by atoms with Gasteiger partial charge >= 0.3 is 0 Å². The monoisotopic (exact) mass is 409 g/mol. The van der Waals surface area contributed by atoms with E-state index in [0.717, 1.165) is 16.8 Å². The molecule has 2 N–H and O–H groups in total. The average molecular weight is 410 g/mol. The molecule has 0 bridgehead atoms. The largest absolute Gasteiger partial charge is 0.345 e. The number of benzene rings is 2. The van der Waals surface area contributed by atoms with Crippen molar-refractivity contribution in [2.45, 2.75) is 25.5 Å². The minimum atomic E-state index is -0.155. The molecule has 0 saturated heterocycles. The van der Waals surface area contributed by atoms with Gasteiger partial charge in [0, 0.05) is 18.3 Å². The zero-order valence-electron chi connectivity index (χ0n) is 16.6. The van der Waals surface area contributed by atoms with Crippen molar-refractivity contribution in [1.29, 1.82) is 0 Å². The number of carbonyl (C=O) groups is 2. The molecule has 2 amide bonds. The van der Waals surface area contributed by atoms with Gasteiger partial charge in [-0.05, 0) is 37.6 Å². The third-order valence-corrected chi connectivity index (χ3v) is 5.41. The Balaban J connectivity index is 1.52. The Labute approximate surface area is 173 Å². The molecule has 0 saturated carbocycles. The molecule has 3 aromatic rings. The number of hydrogen-bond acceptors (Lipinski definition) is 5. The summed E-state index contributed by atoms with van der Waals surface area (Å²) in [5.41, 5.74) is 3.45. The van der Waals surface area contributed by atoms with Crippen LogP contribution in [0, 0.1) is 13.8 Å². The number of nitrogens with zero attached hydrogens (tertiary/aromatic N) is 3. The standard InChI is InChI=1S/C21H23N5O2S/c1-14-8-10-16(11-9-14)23-19(27)13-29-21-25-24-18(26(21)3)12-22-20(28)17-7-5-4-6-15(17)2/h4-11H,12-13H2,1-3H3,(H,22,28)(H,23,27). The van der Waals surface area contributed by atoms with E-state index in [-0.39, 0.29) is 24.1 Å². The first kappa shape index (κ1) is 20.6. The van der Waals surface area contributed by atoms with Crippen molar-refractivity contribution in [3.8, 4) is 0 Å². The normalized spacial score (nSPS) is 10.6. The second-order valence-electron chi connectivity index (χ2n) is 6.66. The predicted molar refractivity (Wildman–Crippen MR) is 114 cm³/mol. The summed E-state index contributed by atoms with van der Waals surface area (Å²) in [5, 5.41) is 14.6. The van der Waals surface area contributed by atoms with Crippen LogP contribution in [0.2, 0.25) is 0 Å².